The number of anilines is 2. The zero-order valence-electron chi connectivity index (χ0n) is 16.0. The lowest BCUT2D eigenvalue weighted by atomic mass is 10.0. The van der Waals surface area contributed by atoms with Crippen LogP contribution in [-0.2, 0) is 12.8 Å². The molecule has 0 saturated carbocycles. The second-order valence-corrected chi connectivity index (χ2v) is 6.50. The van der Waals surface area contributed by atoms with Gasteiger partial charge in [-0.3, -0.25) is 9.97 Å². The molecular formula is C21H16F3N5O2. The third-order valence-electron chi connectivity index (χ3n) is 4.33. The summed E-state index contributed by atoms with van der Waals surface area (Å²) in [7, 11) is 0. The molecule has 0 atom stereocenters. The van der Waals surface area contributed by atoms with E-state index in [0.717, 1.165) is 29.5 Å². The number of ether oxygens (including phenoxy) is 1. The van der Waals surface area contributed by atoms with Crippen molar-refractivity contribution >= 4 is 11.7 Å². The Morgan fingerprint density at radius 2 is 1.61 bits per heavy atom. The van der Waals surface area contributed by atoms with Crippen molar-refractivity contribution in [3.8, 4) is 17.2 Å². The van der Waals surface area contributed by atoms with Crippen LogP contribution in [0.1, 0.15) is 11.1 Å². The fraction of sp³-hybridized carbons (Fsp3) is 0.143. The zero-order chi connectivity index (χ0) is 21.7. The second-order valence-electron chi connectivity index (χ2n) is 6.50. The van der Waals surface area contributed by atoms with Crippen molar-refractivity contribution in [2.75, 3.05) is 5.32 Å². The first-order chi connectivity index (χ1) is 15.0. The van der Waals surface area contributed by atoms with Gasteiger partial charge in [-0.05, 0) is 66.4 Å². The largest absolute Gasteiger partial charge is 0.573 e. The van der Waals surface area contributed by atoms with Gasteiger partial charge in [0.15, 0.2) is 0 Å². The molecule has 0 aliphatic rings. The first-order valence-corrected chi connectivity index (χ1v) is 9.25. The van der Waals surface area contributed by atoms with Crippen molar-refractivity contribution in [2.45, 2.75) is 19.2 Å². The van der Waals surface area contributed by atoms with E-state index in [2.05, 4.69) is 30.2 Å². The van der Waals surface area contributed by atoms with Gasteiger partial charge in [-0.2, -0.15) is 0 Å². The number of rotatable bonds is 7. The van der Waals surface area contributed by atoms with E-state index >= 15 is 0 Å². The van der Waals surface area contributed by atoms with Gasteiger partial charge < -0.3 is 14.5 Å². The molecule has 0 aliphatic heterocycles. The predicted octanol–water partition coefficient (Wildman–Crippen LogP) is 4.95. The molecule has 4 rings (SSSR count). The van der Waals surface area contributed by atoms with Crippen LogP contribution < -0.4 is 10.1 Å². The highest BCUT2D eigenvalue weighted by atomic mass is 19.4. The fourth-order valence-electron chi connectivity index (χ4n) is 2.91. The quantitative estimate of drug-likeness (QED) is 0.446. The highest BCUT2D eigenvalue weighted by Crippen LogP contribution is 2.27. The Morgan fingerprint density at radius 3 is 2.35 bits per heavy atom. The number of alkyl halides is 3. The van der Waals surface area contributed by atoms with Gasteiger partial charge in [0.1, 0.15) is 5.75 Å². The summed E-state index contributed by atoms with van der Waals surface area (Å²) in [5, 5.41) is 10.9. The standard InChI is InChI=1S/C21H16F3N5O2/c22-21(23,24)31-17-5-3-16(4-6-17)27-20-29-28-19(30-20)18-9-12-26-13-15(18)2-1-14-7-10-25-11-8-14/h3-13H,1-2H2,(H,27,29). The van der Waals surface area contributed by atoms with E-state index in [-0.39, 0.29) is 11.8 Å². The summed E-state index contributed by atoms with van der Waals surface area (Å²) in [4.78, 5) is 8.19. The molecule has 0 fully saturated rings. The number of benzene rings is 1. The van der Waals surface area contributed by atoms with Crippen LogP contribution in [0, 0.1) is 0 Å². The molecule has 3 aromatic heterocycles. The Labute approximate surface area is 174 Å². The lowest BCUT2D eigenvalue weighted by Crippen LogP contribution is -2.16. The first-order valence-electron chi connectivity index (χ1n) is 9.25. The van der Waals surface area contributed by atoms with Gasteiger partial charge in [0.2, 0.25) is 5.89 Å². The van der Waals surface area contributed by atoms with Gasteiger partial charge in [0.05, 0.1) is 0 Å². The second kappa shape index (κ2) is 8.82. The minimum atomic E-state index is -4.74. The summed E-state index contributed by atoms with van der Waals surface area (Å²) in [6.45, 7) is 0. The maximum Gasteiger partial charge on any atom is 0.573 e. The normalized spacial score (nSPS) is 11.3. The summed E-state index contributed by atoms with van der Waals surface area (Å²) >= 11 is 0. The van der Waals surface area contributed by atoms with E-state index in [1.165, 1.54) is 24.3 Å². The Balaban J connectivity index is 1.45. The van der Waals surface area contributed by atoms with Crippen molar-refractivity contribution in [3.05, 3.63) is 78.4 Å². The van der Waals surface area contributed by atoms with Gasteiger partial charge in [0.25, 0.3) is 0 Å². The molecule has 158 valence electrons. The summed E-state index contributed by atoms with van der Waals surface area (Å²) in [5.41, 5.74) is 3.33. The lowest BCUT2D eigenvalue weighted by molar-refractivity contribution is -0.274. The molecule has 1 N–H and O–H groups in total. The molecule has 31 heavy (non-hydrogen) atoms. The van der Waals surface area contributed by atoms with E-state index in [1.54, 1.807) is 30.9 Å². The molecule has 0 saturated heterocycles. The van der Waals surface area contributed by atoms with E-state index < -0.39 is 6.36 Å². The van der Waals surface area contributed by atoms with Gasteiger partial charge in [-0.25, -0.2) is 0 Å². The van der Waals surface area contributed by atoms with E-state index in [1.807, 2.05) is 12.1 Å². The highest BCUT2D eigenvalue weighted by Gasteiger charge is 2.31. The van der Waals surface area contributed by atoms with Crippen LogP contribution >= 0.6 is 0 Å². The molecule has 0 radical (unpaired) electrons. The molecular weight excluding hydrogens is 411 g/mol. The molecule has 7 nitrogen and oxygen atoms in total. The molecule has 4 aromatic rings. The molecule has 10 heteroatoms. The average molecular weight is 427 g/mol. The first kappa shape index (κ1) is 20.3. The molecule has 0 aliphatic carbocycles. The number of aryl methyl sites for hydroxylation is 2. The molecule has 0 amide bonds. The van der Waals surface area contributed by atoms with Crippen molar-refractivity contribution in [2.24, 2.45) is 0 Å². The van der Waals surface area contributed by atoms with Crippen molar-refractivity contribution in [1.82, 2.24) is 20.2 Å². The van der Waals surface area contributed by atoms with E-state index in [0.29, 0.717) is 11.6 Å². The van der Waals surface area contributed by atoms with Crippen molar-refractivity contribution in [3.63, 3.8) is 0 Å². The van der Waals surface area contributed by atoms with Crippen LogP contribution in [0.15, 0.2) is 71.7 Å². The molecule has 3 heterocycles. The summed E-state index contributed by atoms with van der Waals surface area (Å²) < 4.78 is 46.3. The van der Waals surface area contributed by atoms with E-state index in [9.17, 15) is 13.2 Å². The third kappa shape index (κ3) is 5.56. The zero-order valence-corrected chi connectivity index (χ0v) is 16.0. The molecule has 0 bridgehead atoms. The number of halogens is 3. The predicted molar refractivity (Wildman–Crippen MR) is 106 cm³/mol. The number of pyridine rings is 2. The Kier molecular flexibility index (Phi) is 5.78. The monoisotopic (exact) mass is 427 g/mol. The summed E-state index contributed by atoms with van der Waals surface area (Å²) in [6.07, 6.45) is 3.67. The maximum atomic E-state index is 12.3. The fourth-order valence-corrected chi connectivity index (χ4v) is 2.91. The number of nitrogens with one attached hydrogen (secondary N) is 1. The molecule has 0 unspecified atom stereocenters. The highest BCUT2D eigenvalue weighted by molar-refractivity contribution is 5.59. The number of aromatic nitrogens is 4. The Morgan fingerprint density at radius 1 is 0.871 bits per heavy atom. The molecule has 1 aromatic carbocycles. The minimum absolute atomic E-state index is 0.108. The van der Waals surface area contributed by atoms with Gasteiger partial charge in [-0.15, -0.1) is 18.3 Å². The smallest absolute Gasteiger partial charge is 0.406 e. The SMILES string of the molecule is FC(F)(F)Oc1ccc(Nc2nnc(-c3ccncc3CCc3ccncc3)o2)cc1. The van der Waals surface area contributed by atoms with Gasteiger partial charge >= 0.3 is 12.4 Å². The van der Waals surface area contributed by atoms with Crippen molar-refractivity contribution in [1.29, 1.82) is 0 Å². The number of nitrogens with zero attached hydrogens (tertiary/aromatic N) is 4. The summed E-state index contributed by atoms with van der Waals surface area (Å²) in [6, 6.07) is 11.0. The average Bonchev–Trinajstić information content (AvgIpc) is 3.22. The van der Waals surface area contributed by atoms with Crippen molar-refractivity contribution < 1.29 is 22.3 Å². The van der Waals surface area contributed by atoms with Gasteiger partial charge in [0, 0.05) is 36.0 Å². The Bertz CT molecular complexity index is 1130. The Hall–Kier alpha value is -3.95. The summed E-state index contributed by atoms with van der Waals surface area (Å²) in [5.74, 6) is -0.00783. The van der Waals surface area contributed by atoms with Crippen LogP contribution in [0.25, 0.3) is 11.5 Å². The molecule has 0 spiro atoms. The third-order valence-corrected chi connectivity index (χ3v) is 4.33. The maximum absolute atomic E-state index is 12.3. The van der Waals surface area contributed by atoms with E-state index in [4.69, 9.17) is 4.42 Å². The minimum Gasteiger partial charge on any atom is -0.406 e. The lowest BCUT2D eigenvalue weighted by Gasteiger charge is -2.09. The van der Waals surface area contributed by atoms with Crippen LogP contribution in [0.2, 0.25) is 0 Å². The van der Waals surface area contributed by atoms with Crippen LogP contribution in [0.4, 0.5) is 24.9 Å². The van der Waals surface area contributed by atoms with Crippen LogP contribution in [-0.4, -0.2) is 26.5 Å². The van der Waals surface area contributed by atoms with Gasteiger partial charge in [-0.1, -0.05) is 5.10 Å². The number of hydrogen-bond donors (Lipinski definition) is 1. The topological polar surface area (TPSA) is 86.0 Å². The number of hydrogen-bond acceptors (Lipinski definition) is 7. The van der Waals surface area contributed by atoms with Crippen LogP contribution in [0.5, 0.6) is 5.75 Å². The van der Waals surface area contributed by atoms with Crippen LogP contribution in [0.3, 0.4) is 0 Å².